The number of benzene rings is 1. The summed E-state index contributed by atoms with van der Waals surface area (Å²) in [5, 5.41) is 29.9. The van der Waals surface area contributed by atoms with Gasteiger partial charge < -0.3 is 20.1 Å². The molecule has 1 unspecified atom stereocenters. The van der Waals surface area contributed by atoms with E-state index in [0.717, 1.165) is 18.5 Å². The molecular weight excluding hydrogens is 362 g/mol. The average Bonchev–Trinajstić information content (AvgIpc) is 3.15. The minimum absolute atomic E-state index is 0.0622. The van der Waals surface area contributed by atoms with Gasteiger partial charge in [-0.2, -0.15) is 0 Å². The molecule has 3 rings (SSSR count). The van der Waals surface area contributed by atoms with Crippen molar-refractivity contribution in [2.24, 2.45) is 11.8 Å². The van der Waals surface area contributed by atoms with E-state index in [1.54, 1.807) is 12.2 Å². The summed E-state index contributed by atoms with van der Waals surface area (Å²) in [5.41, 5.74) is 2.55. The Bertz CT molecular complexity index is 719. The van der Waals surface area contributed by atoms with E-state index in [1.807, 2.05) is 36.4 Å². The fourth-order valence-electron chi connectivity index (χ4n) is 3.86. The highest BCUT2D eigenvalue weighted by molar-refractivity contribution is 5.66. The maximum Gasteiger partial charge on any atom is 0.305 e. The molecular formula is C21H27NO6. The number of fused-ring (bicyclic) bond motifs is 1. The summed E-state index contributed by atoms with van der Waals surface area (Å²) in [7, 11) is 0. The van der Waals surface area contributed by atoms with Crippen LogP contribution in [0.4, 0.5) is 0 Å². The van der Waals surface area contributed by atoms with Crippen molar-refractivity contribution in [1.82, 2.24) is 5.48 Å². The highest BCUT2D eigenvalue weighted by Gasteiger charge is 2.50. The summed E-state index contributed by atoms with van der Waals surface area (Å²) in [4.78, 5) is 15.7. The quantitative estimate of drug-likeness (QED) is 0.275. The van der Waals surface area contributed by atoms with Crippen molar-refractivity contribution in [2.45, 2.75) is 37.4 Å². The van der Waals surface area contributed by atoms with E-state index in [-0.39, 0.29) is 31.5 Å². The zero-order valence-electron chi connectivity index (χ0n) is 15.7. The van der Waals surface area contributed by atoms with Gasteiger partial charge in [-0.3, -0.25) is 15.1 Å². The number of aliphatic hydroxyl groups excluding tert-OH is 1. The summed E-state index contributed by atoms with van der Waals surface area (Å²) in [6.45, 7) is 0.210. The molecule has 7 heteroatoms. The van der Waals surface area contributed by atoms with Crippen molar-refractivity contribution < 1.29 is 29.7 Å². The lowest BCUT2D eigenvalue weighted by atomic mass is 9.87. The molecule has 0 spiro atoms. The van der Waals surface area contributed by atoms with Crippen molar-refractivity contribution in [2.75, 3.05) is 13.2 Å². The van der Waals surface area contributed by atoms with Crippen LogP contribution < -0.4 is 10.2 Å². The third kappa shape index (κ3) is 5.13. The van der Waals surface area contributed by atoms with Crippen molar-refractivity contribution >= 4 is 5.97 Å². The van der Waals surface area contributed by atoms with Gasteiger partial charge in [0.25, 0.3) is 0 Å². The lowest BCUT2D eigenvalue weighted by molar-refractivity contribution is -0.138. The van der Waals surface area contributed by atoms with Crippen LogP contribution in [0.3, 0.4) is 0 Å². The van der Waals surface area contributed by atoms with Crippen LogP contribution in [0.2, 0.25) is 0 Å². The molecule has 0 aliphatic heterocycles. The molecule has 0 radical (unpaired) electrons. The molecule has 7 nitrogen and oxygen atoms in total. The molecule has 4 atom stereocenters. The topological polar surface area (TPSA) is 108 Å². The van der Waals surface area contributed by atoms with Gasteiger partial charge in [0.05, 0.1) is 18.6 Å². The number of carboxylic acids is 1. The van der Waals surface area contributed by atoms with Gasteiger partial charge in [0.1, 0.15) is 18.5 Å². The Morgan fingerprint density at radius 2 is 2.11 bits per heavy atom. The van der Waals surface area contributed by atoms with E-state index in [2.05, 4.69) is 5.48 Å². The zero-order chi connectivity index (χ0) is 20.0. The minimum Gasteiger partial charge on any atom is -0.491 e. The number of rotatable bonds is 10. The van der Waals surface area contributed by atoms with Gasteiger partial charge in [-0.15, -0.1) is 0 Å². The summed E-state index contributed by atoms with van der Waals surface area (Å²) in [5.74, 6) is -0.225. The predicted molar refractivity (Wildman–Crippen MR) is 102 cm³/mol. The van der Waals surface area contributed by atoms with Crippen LogP contribution in [-0.4, -0.2) is 46.2 Å². The standard InChI is InChI=1S/C21H27NO6/c23-18(14-27-19-4-2-1-3-5-19)9-8-15-6-7-16-12-17(13-21(15,16)26)22-28-11-10-20(24)25/h1-5,8-9,13,15-16,18,22-23,26H,6-7,10-12,14H2,(H,24,25)/t15-,16-,18?,21-/m1/s1. The van der Waals surface area contributed by atoms with E-state index in [1.165, 1.54) is 0 Å². The first-order valence-electron chi connectivity index (χ1n) is 9.55. The molecule has 0 amide bonds. The lowest BCUT2D eigenvalue weighted by Gasteiger charge is -2.26. The maximum atomic E-state index is 11.1. The van der Waals surface area contributed by atoms with Crippen LogP contribution >= 0.6 is 0 Å². The number of ether oxygens (including phenoxy) is 1. The number of hydrogen-bond donors (Lipinski definition) is 4. The Kier molecular flexibility index (Phi) is 6.72. The van der Waals surface area contributed by atoms with E-state index in [0.29, 0.717) is 12.2 Å². The van der Waals surface area contributed by atoms with E-state index < -0.39 is 17.7 Å². The third-order valence-corrected chi connectivity index (χ3v) is 5.30. The van der Waals surface area contributed by atoms with Gasteiger partial charge in [0.15, 0.2) is 0 Å². The largest absolute Gasteiger partial charge is 0.491 e. The van der Waals surface area contributed by atoms with Gasteiger partial charge in [-0.1, -0.05) is 30.4 Å². The Balaban J connectivity index is 1.50. The Morgan fingerprint density at radius 3 is 2.86 bits per heavy atom. The van der Waals surface area contributed by atoms with Crippen LogP contribution in [-0.2, 0) is 9.63 Å². The van der Waals surface area contributed by atoms with Crippen LogP contribution in [0.15, 0.2) is 54.3 Å². The Labute approximate surface area is 164 Å². The second kappa shape index (κ2) is 9.23. The van der Waals surface area contributed by atoms with Gasteiger partial charge in [-0.05, 0) is 43.4 Å². The predicted octanol–water partition coefficient (Wildman–Crippen LogP) is 2.02. The summed E-state index contributed by atoms with van der Waals surface area (Å²) in [6, 6.07) is 9.30. The van der Waals surface area contributed by atoms with Gasteiger partial charge in [-0.25, -0.2) is 0 Å². The number of nitrogens with one attached hydrogen (secondary N) is 1. The van der Waals surface area contributed by atoms with Crippen molar-refractivity contribution in [3.05, 3.63) is 54.3 Å². The molecule has 28 heavy (non-hydrogen) atoms. The van der Waals surface area contributed by atoms with Crippen LogP contribution in [0.1, 0.15) is 25.7 Å². The zero-order valence-corrected chi connectivity index (χ0v) is 15.7. The summed E-state index contributed by atoms with van der Waals surface area (Å²) < 4.78 is 5.54. The number of allylic oxidation sites excluding steroid dienone is 1. The fraction of sp³-hybridized carbons (Fsp3) is 0.476. The number of carboxylic acid groups (broad SMARTS) is 1. The Hall–Kier alpha value is -2.35. The molecule has 0 saturated heterocycles. The van der Waals surface area contributed by atoms with Crippen LogP contribution in [0.25, 0.3) is 0 Å². The maximum absolute atomic E-state index is 11.1. The molecule has 1 fully saturated rings. The first-order chi connectivity index (χ1) is 13.5. The highest BCUT2D eigenvalue weighted by atomic mass is 16.6. The molecule has 2 aliphatic rings. The number of aliphatic carboxylic acids is 1. The first kappa shape index (κ1) is 20.4. The fourth-order valence-corrected chi connectivity index (χ4v) is 3.86. The third-order valence-electron chi connectivity index (χ3n) is 5.30. The molecule has 1 aromatic carbocycles. The number of hydrogen-bond acceptors (Lipinski definition) is 6. The van der Waals surface area contributed by atoms with Gasteiger partial charge >= 0.3 is 5.97 Å². The van der Waals surface area contributed by atoms with Crippen LogP contribution in [0, 0.1) is 11.8 Å². The number of hydroxylamine groups is 1. The van der Waals surface area contributed by atoms with E-state index >= 15 is 0 Å². The lowest BCUT2D eigenvalue weighted by Crippen LogP contribution is -2.34. The smallest absolute Gasteiger partial charge is 0.305 e. The van der Waals surface area contributed by atoms with Crippen molar-refractivity contribution in [3.8, 4) is 5.75 Å². The molecule has 0 bridgehead atoms. The number of aliphatic hydroxyl groups is 2. The highest BCUT2D eigenvalue weighted by Crippen LogP contribution is 2.49. The summed E-state index contributed by atoms with van der Waals surface area (Å²) >= 11 is 0. The molecule has 2 aliphatic carbocycles. The molecule has 0 aromatic heterocycles. The first-order valence-corrected chi connectivity index (χ1v) is 9.55. The molecule has 1 aromatic rings. The number of carbonyl (C=O) groups is 1. The average molecular weight is 389 g/mol. The van der Waals surface area contributed by atoms with Crippen molar-refractivity contribution in [3.63, 3.8) is 0 Å². The summed E-state index contributed by atoms with van der Waals surface area (Å²) in [6.07, 6.45) is 6.85. The SMILES string of the molecule is O=C(O)CCONC1=C[C@]2(O)[C@H](CC[C@@H]2C=CC(O)COc2ccccc2)C1. The number of para-hydroxylation sites is 1. The minimum atomic E-state index is -0.977. The monoisotopic (exact) mass is 389 g/mol. The molecule has 0 heterocycles. The second-order valence-electron chi connectivity index (χ2n) is 7.31. The Morgan fingerprint density at radius 1 is 1.32 bits per heavy atom. The van der Waals surface area contributed by atoms with Gasteiger partial charge in [0, 0.05) is 11.6 Å². The molecule has 1 saturated carbocycles. The second-order valence-corrected chi connectivity index (χ2v) is 7.31. The molecule has 4 N–H and O–H groups in total. The van der Waals surface area contributed by atoms with Crippen molar-refractivity contribution in [1.29, 1.82) is 0 Å². The molecule has 152 valence electrons. The normalized spacial score (nSPS) is 27.4. The van der Waals surface area contributed by atoms with Gasteiger partial charge in [0.2, 0.25) is 0 Å². The van der Waals surface area contributed by atoms with Crippen LogP contribution in [0.5, 0.6) is 5.75 Å². The van der Waals surface area contributed by atoms with E-state index in [9.17, 15) is 15.0 Å². The van der Waals surface area contributed by atoms with E-state index in [4.69, 9.17) is 14.7 Å².